The minimum atomic E-state index is -3.61. The standard InChI is InChI=1S/C24H26F2N2O3S/c25-21-14-19-9-12-28(23(19)15-22(21)26)24(29)17-7-10-27(11-8-17)32(30,31)20-6-5-16-3-1-2-4-18(16)13-20/h5-6,13-15,17H,1-4,7-12H2. The van der Waals surface area contributed by atoms with Crippen molar-refractivity contribution in [2.75, 3.05) is 24.5 Å². The van der Waals surface area contributed by atoms with E-state index in [-0.39, 0.29) is 24.9 Å². The number of sulfonamides is 1. The van der Waals surface area contributed by atoms with E-state index in [2.05, 4.69) is 0 Å². The molecular formula is C24H26F2N2O3S. The van der Waals surface area contributed by atoms with Crippen molar-refractivity contribution >= 4 is 21.6 Å². The molecule has 0 aromatic heterocycles. The molecule has 170 valence electrons. The van der Waals surface area contributed by atoms with Gasteiger partial charge in [0.15, 0.2) is 11.6 Å². The molecule has 0 unspecified atom stereocenters. The third-order valence-corrected chi connectivity index (χ3v) is 8.94. The summed E-state index contributed by atoms with van der Waals surface area (Å²) in [6.07, 6.45) is 5.46. The van der Waals surface area contributed by atoms with Crippen molar-refractivity contribution in [1.29, 1.82) is 0 Å². The van der Waals surface area contributed by atoms with Crippen LogP contribution in [0.3, 0.4) is 0 Å². The Morgan fingerprint density at radius 2 is 1.53 bits per heavy atom. The zero-order valence-electron chi connectivity index (χ0n) is 17.8. The predicted octanol–water partition coefficient (Wildman–Crippen LogP) is 3.83. The van der Waals surface area contributed by atoms with Crippen LogP contribution >= 0.6 is 0 Å². The zero-order chi connectivity index (χ0) is 22.5. The summed E-state index contributed by atoms with van der Waals surface area (Å²) < 4.78 is 55.1. The van der Waals surface area contributed by atoms with Gasteiger partial charge in [-0.3, -0.25) is 4.79 Å². The highest BCUT2D eigenvalue weighted by atomic mass is 32.2. The number of carbonyl (C=O) groups is 1. The molecule has 0 radical (unpaired) electrons. The fourth-order valence-electron chi connectivity index (χ4n) is 5.19. The SMILES string of the molecule is O=C(C1CCN(S(=O)(=O)c2ccc3c(c2)CCCC3)CC1)N1CCc2cc(F)c(F)cc21. The lowest BCUT2D eigenvalue weighted by atomic mass is 9.92. The van der Waals surface area contributed by atoms with E-state index in [1.807, 2.05) is 12.1 Å². The molecule has 0 saturated carbocycles. The van der Waals surface area contributed by atoms with Gasteiger partial charge in [-0.25, -0.2) is 17.2 Å². The molecular weight excluding hydrogens is 434 g/mol. The Morgan fingerprint density at radius 3 is 2.28 bits per heavy atom. The zero-order valence-corrected chi connectivity index (χ0v) is 18.6. The fraction of sp³-hybridized carbons (Fsp3) is 0.458. The molecule has 5 rings (SSSR count). The molecule has 2 aromatic rings. The van der Waals surface area contributed by atoms with Gasteiger partial charge in [-0.2, -0.15) is 4.31 Å². The smallest absolute Gasteiger partial charge is 0.243 e. The van der Waals surface area contributed by atoms with Crippen LogP contribution in [0.5, 0.6) is 0 Å². The molecule has 8 heteroatoms. The monoisotopic (exact) mass is 460 g/mol. The summed E-state index contributed by atoms with van der Waals surface area (Å²) in [6, 6.07) is 7.70. The second-order valence-electron chi connectivity index (χ2n) is 8.95. The van der Waals surface area contributed by atoms with Crippen LogP contribution in [-0.2, 0) is 34.1 Å². The van der Waals surface area contributed by atoms with Gasteiger partial charge in [-0.15, -0.1) is 0 Å². The maximum atomic E-state index is 13.7. The summed E-state index contributed by atoms with van der Waals surface area (Å²) in [5.41, 5.74) is 3.42. The highest BCUT2D eigenvalue weighted by Gasteiger charge is 2.36. The maximum Gasteiger partial charge on any atom is 0.243 e. The summed E-state index contributed by atoms with van der Waals surface area (Å²) in [6.45, 7) is 0.938. The lowest BCUT2D eigenvalue weighted by Crippen LogP contribution is -2.44. The van der Waals surface area contributed by atoms with Gasteiger partial charge < -0.3 is 4.90 Å². The number of nitrogens with zero attached hydrogens (tertiary/aromatic N) is 2. The topological polar surface area (TPSA) is 57.7 Å². The average Bonchev–Trinajstić information content (AvgIpc) is 3.21. The first-order valence-corrected chi connectivity index (χ1v) is 12.7. The van der Waals surface area contributed by atoms with Gasteiger partial charge >= 0.3 is 0 Å². The lowest BCUT2D eigenvalue weighted by Gasteiger charge is -2.33. The van der Waals surface area contributed by atoms with Gasteiger partial charge in [0.2, 0.25) is 15.9 Å². The highest BCUT2D eigenvalue weighted by molar-refractivity contribution is 7.89. The summed E-state index contributed by atoms with van der Waals surface area (Å²) >= 11 is 0. The highest BCUT2D eigenvalue weighted by Crippen LogP contribution is 2.34. The van der Waals surface area contributed by atoms with Crippen molar-refractivity contribution in [3.63, 3.8) is 0 Å². The first-order valence-electron chi connectivity index (χ1n) is 11.3. The summed E-state index contributed by atoms with van der Waals surface area (Å²) in [4.78, 5) is 14.9. The number of halogens is 2. The van der Waals surface area contributed by atoms with Crippen LogP contribution in [0.2, 0.25) is 0 Å². The molecule has 2 heterocycles. The van der Waals surface area contributed by atoms with E-state index in [1.54, 1.807) is 6.07 Å². The molecule has 1 amide bonds. The Labute approximate surface area is 187 Å². The molecule has 3 aliphatic rings. The number of anilines is 1. The minimum absolute atomic E-state index is 0.138. The molecule has 32 heavy (non-hydrogen) atoms. The summed E-state index contributed by atoms with van der Waals surface area (Å²) in [5, 5.41) is 0. The second kappa shape index (κ2) is 8.23. The Morgan fingerprint density at radius 1 is 0.844 bits per heavy atom. The van der Waals surface area contributed by atoms with E-state index in [4.69, 9.17) is 0 Å². The van der Waals surface area contributed by atoms with Gasteiger partial charge in [0.25, 0.3) is 0 Å². The molecule has 1 aliphatic carbocycles. The quantitative estimate of drug-likeness (QED) is 0.700. The first kappa shape index (κ1) is 21.5. The van der Waals surface area contributed by atoms with E-state index in [1.165, 1.54) is 14.8 Å². The van der Waals surface area contributed by atoms with E-state index < -0.39 is 21.7 Å². The molecule has 0 atom stereocenters. The molecule has 5 nitrogen and oxygen atoms in total. The number of amides is 1. The van der Waals surface area contributed by atoms with Gasteiger partial charge in [0.05, 0.1) is 10.6 Å². The number of benzene rings is 2. The van der Waals surface area contributed by atoms with Gasteiger partial charge in [0.1, 0.15) is 0 Å². The van der Waals surface area contributed by atoms with Crippen LogP contribution < -0.4 is 4.90 Å². The van der Waals surface area contributed by atoms with Crippen molar-refractivity contribution in [3.05, 3.63) is 58.7 Å². The second-order valence-corrected chi connectivity index (χ2v) is 10.9. The fourth-order valence-corrected chi connectivity index (χ4v) is 6.71. The van der Waals surface area contributed by atoms with Crippen LogP contribution in [0.15, 0.2) is 35.2 Å². The van der Waals surface area contributed by atoms with Crippen LogP contribution in [-0.4, -0.2) is 38.3 Å². The van der Waals surface area contributed by atoms with Crippen molar-refractivity contribution in [1.82, 2.24) is 4.31 Å². The molecule has 0 N–H and O–H groups in total. The van der Waals surface area contributed by atoms with Gasteiger partial charge in [-0.05, 0) is 79.8 Å². The van der Waals surface area contributed by atoms with Crippen molar-refractivity contribution in [2.45, 2.75) is 49.8 Å². The number of aryl methyl sites for hydroxylation is 2. The van der Waals surface area contributed by atoms with Gasteiger partial charge in [-0.1, -0.05) is 6.07 Å². The molecule has 2 aromatic carbocycles. The normalized spacial score (nSPS) is 19.6. The first-order chi connectivity index (χ1) is 15.3. The number of carbonyl (C=O) groups excluding carboxylic acids is 1. The van der Waals surface area contributed by atoms with E-state index >= 15 is 0 Å². The Balaban J connectivity index is 1.28. The van der Waals surface area contributed by atoms with Crippen molar-refractivity contribution < 1.29 is 22.0 Å². The van der Waals surface area contributed by atoms with E-state index in [0.717, 1.165) is 43.4 Å². The molecule has 2 aliphatic heterocycles. The third kappa shape index (κ3) is 3.73. The average molecular weight is 461 g/mol. The predicted molar refractivity (Wildman–Crippen MR) is 117 cm³/mol. The minimum Gasteiger partial charge on any atom is -0.311 e. The Bertz CT molecular complexity index is 1170. The van der Waals surface area contributed by atoms with Crippen molar-refractivity contribution in [2.24, 2.45) is 5.92 Å². The summed E-state index contributed by atoms with van der Waals surface area (Å²) in [5.74, 6) is -2.34. The Kier molecular flexibility index (Phi) is 5.53. The Hall–Kier alpha value is -2.32. The van der Waals surface area contributed by atoms with E-state index in [9.17, 15) is 22.0 Å². The largest absolute Gasteiger partial charge is 0.311 e. The number of hydrogen-bond acceptors (Lipinski definition) is 3. The van der Waals surface area contributed by atoms with Crippen molar-refractivity contribution in [3.8, 4) is 0 Å². The number of piperidine rings is 1. The maximum absolute atomic E-state index is 13.7. The third-order valence-electron chi connectivity index (χ3n) is 7.04. The molecule has 0 spiro atoms. The summed E-state index contributed by atoms with van der Waals surface area (Å²) in [7, 11) is -3.61. The molecule has 1 saturated heterocycles. The van der Waals surface area contributed by atoms with Crippen LogP contribution in [0.4, 0.5) is 14.5 Å². The van der Waals surface area contributed by atoms with Crippen LogP contribution in [0.25, 0.3) is 0 Å². The van der Waals surface area contributed by atoms with Gasteiger partial charge in [0, 0.05) is 31.6 Å². The van der Waals surface area contributed by atoms with Crippen LogP contribution in [0.1, 0.15) is 42.4 Å². The van der Waals surface area contributed by atoms with E-state index in [0.29, 0.717) is 42.0 Å². The number of fused-ring (bicyclic) bond motifs is 2. The van der Waals surface area contributed by atoms with Crippen LogP contribution in [0, 0.1) is 17.6 Å². The molecule has 1 fully saturated rings. The molecule has 0 bridgehead atoms. The number of hydrogen-bond donors (Lipinski definition) is 0. The lowest BCUT2D eigenvalue weighted by molar-refractivity contribution is -0.123. The number of rotatable bonds is 3.